The molecule has 0 fully saturated rings. The molecule has 0 bridgehead atoms. The standard InChI is InChI=1S/C13H17F3O3/c1-2-12(8-17,9-18)7-10-3-5-11(6-4-10)19-13(14,15)16/h3-6,17-18H,2,7-9H2,1H3. The Bertz CT molecular complexity index is 375. The lowest BCUT2D eigenvalue weighted by Gasteiger charge is -2.28. The molecule has 0 aliphatic carbocycles. The fourth-order valence-corrected chi connectivity index (χ4v) is 1.75. The van der Waals surface area contributed by atoms with Gasteiger partial charge in [-0.1, -0.05) is 19.1 Å². The van der Waals surface area contributed by atoms with Crippen molar-refractivity contribution >= 4 is 0 Å². The molecule has 0 amide bonds. The predicted molar refractivity (Wildman–Crippen MR) is 63.7 cm³/mol. The highest BCUT2D eigenvalue weighted by Crippen LogP contribution is 2.28. The number of alkyl halides is 3. The second kappa shape index (κ2) is 6.25. The molecule has 3 nitrogen and oxygen atoms in total. The van der Waals surface area contributed by atoms with Crippen LogP contribution in [0.15, 0.2) is 24.3 Å². The maximum atomic E-state index is 12.0. The predicted octanol–water partition coefficient (Wildman–Crippen LogP) is 2.51. The van der Waals surface area contributed by atoms with Gasteiger partial charge in [0.05, 0.1) is 13.2 Å². The summed E-state index contributed by atoms with van der Waals surface area (Å²) in [7, 11) is 0. The van der Waals surface area contributed by atoms with Crippen LogP contribution < -0.4 is 4.74 Å². The summed E-state index contributed by atoms with van der Waals surface area (Å²) in [5.41, 5.74) is 0.0892. The van der Waals surface area contributed by atoms with Gasteiger partial charge in [0.15, 0.2) is 0 Å². The van der Waals surface area contributed by atoms with E-state index in [2.05, 4.69) is 4.74 Å². The van der Waals surface area contributed by atoms with Crippen molar-refractivity contribution in [3.05, 3.63) is 29.8 Å². The molecule has 0 aliphatic rings. The first-order valence-electron chi connectivity index (χ1n) is 5.90. The molecule has 1 aromatic rings. The van der Waals surface area contributed by atoms with Crippen LogP contribution in [0.4, 0.5) is 13.2 Å². The van der Waals surface area contributed by atoms with Gasteiger partial charge in [-0.25, -0.2) is 0 Å². The summed E-state index contributed by atoms with van der Waals surface area (Å²) in [4.78, 5) is 0. The topological polar surface area (TPSA) is 49.7 Å². The minimum Gasteiger partial charge on any atom is -0.406 e. The third-order valence-corrected chi connectivity index (χ3v) is 3.16. The minimum atomic E-state index is -4.70. The van der Waals surface area contributed by atoms with E-state index >= 15 is 0 Å². The van der Waals surface area contributed by atoms with Crippen molar-refractivity contribution in [2.75, 3.05) is 13.2 Å². The van der Waals surface area contributed by atoms with Gasteiger partial charge in [-0.05, 0) is 30.5 Å². The summed E-state index contributed by atoms with van der Waals surface area (Å²) in [6.07, 6.45) is -3.74. The second-order valence-electron chi connectivity index (χ2n) is 4.54. The van der Waals surface area contributed by atoms with E-state index in [1.54, 1.807) is 0 Å². The Balaban J connectivity index is 2.76. The van der Waals surface area contributed by atoms with E-state index in [1.807, 2.05) is 6.92 Å². The molecule has 0 saturated carbocycles. The fourth-order valence-electron chi connectivity index (χ4n) is 1.75. The van der Waals surface area contributed by atoms with Crippen LogP contribution in [0.25, 0.3) is 0 Å². The largest absolute Gasteiger partial charge is 0.573 e. The van der Waals surface area contributed by atoms with Crippen LogP contribution in [0.2, 0.25) is 0 Å². The van der Waals surface area contributed by atoms with E-state index in [-0.39, 0.29) is 19.0 Å². The van der Waals surface area contributed by atoms with Crippen molar-refractivity contribution in [2.24, 2.45) is 5.41 Å². The summed E-state index contributed by atoms with van der Waals surface area (Å²) >= 11 is 0. The zero-order chi connectivity index (χ0) is 14.5. The Morgan fingerprint density at radius 3 is 1.95 bits per heavy atom. The third-order valence-electron chi connectivity index (χ3n) is 3.16. The Labute approximate surface area is 109 Å². The quantitative estimate of drug-likeness (QED) is 0.840. The van der Waals surface area contributed by atoms with Crippen molar-refractivity contribution in [3.8, 4) is 5.75 Å². The SMILES string of the molecule is CCC(CO)(CO)Cc1ccc(OC(F)(F)F)cc1. The Morgan fingerprint density at radius 1 is 1.05 bits per heavy atom. The minimum absolute atomic E-state index is 0.180. The fraction of sp³-hybridized carbons (Fsp3) is 0.538. The Kier molecular flexibility index (Phi) is 5.20. The van der Waals surface area contributed by atoms with Gasteiger partial charge in [-0.2, -0.15) is 0 Å². The summed E-state index contributed by atoms with van der Waals surface area (Å²) in [5, 5.41) is 18.6. The summed E-state index contributed by atoms with van der Waals surface area (Å²) in [6, 6.07) is 5.43. The number of aliphatic hydroxyl groups is 2. The molecule has 19 heavy (non-hydrogen) atoms. The molecule has 0 saturated heterocycles. The molecule has 6 heteroatoms. The average Bonchev–Trinajstić information content (AvgIpc) is 2.37. The molecule has 0 radical (unpaired) electrons. The number of aliphatic hydroxyl groups excluding tert-OH is 2. The average molecular weight is 278 g/mol. The first-order valence-corrected chi connectivity index (χ1v) is 5.90. The molecule has 0 spiro atoms. The van der Waals surface area contributed by atoms with Crippen LogP contribution in [0.3, 0.4) is 0 Å². The number of hydrogen-bond acceptors (Lipinski definition) is 3. The smallest absolute Gasteiger partial charge is 0.406 e. The van der Waals surface area contributed by atoms with Gasteiger partial charge >= 0.3 is 6.36 Å². The number of benzene rings is 1. The number of halogens is 3. The Morgan fingerprint density at radius 2 is 1.58 bits per heavy atom. The first-order chi connectivity index (χ1) is 8.84. The summed E-state index contributed by atoms with van der Waals surface area (Å²) in [5.74, 6) is -0.286. The molecule has 1 rings (SSSR count). The normalized spacial score (nSPS) is 12.5. The van der Waals surface area contributed by atoms with E-state index in [0.717, 1.165) is 5.56 Å². The Hall–Kier alpha value is -1.27. The molecular formula is C13H17F3O3. The second-order valence-corrected chi connectivity index (χ2v) is 4.54. The maximum Gasteiger partial charge on any atom is 0.573 e. The molecular weight excluding hydrogens is 261 g/mol. The summed E-state index contributed by atoms with van der Waals surface area (Å²) in [6.45, 7) is 1.48. The van der Waals surface area contributed by atoms with E-state index < -0.39 is 11.8 Å². The van der Waals surface area contributed by atoms with Gasteiger partial charge in [-0.3, -0.25) is 0 Å². The van der Waals surface area contributed by atoms with E-state index in [9.17, 15) is 23.4 Å². The highest BCUT2D eigenvalue weighted by Gasteiger charge is 2.31. The monoisotopic (exact) mass is 278 g/mol. The lowest BCUT2D eigenvalue weighted by Crippen LogP contribution is -2.31. The van der Waals surface area contributed by atoms with E-state index in [1.165, 1.54) is 24.3 Å². The van der Waals surface area contributed by atoms with Crippen LogP contribution >= 0.6 is 0 Å². The van der Waals surface area contributed by atoms with Crippen molar-refractivity contribution in [3.63, 3.8) is 0 Å². The van der Waals surface area contributed by atoms with Crippen LogP contribution in [0.5, 0.6) is 5.75 Å². The van der Waals surface area contributed by atoms with Gasteiger partial charge in [-0.15, -0.1) is 13.2 Å². The van der Waals surface area contributed by atoms with Gasteiger partial charge in [0.2, 0.25) is 0 Å². The summed E-state index contributed by atoms with van der Waals surface area (Å²) < 4.78 is 39.7. The zero-order valence-electron chi connectivity index (χ0n) is 10.6. The molecule has 0 atom stereocenters. The van der Waals surface area contributed by atoms with Crippen LogP contribution in [0.1, 0.15) is 18.9 Å². The molecule has 0 aliphatic heterocycles. The van der Waals surface area contributed by atoms with Crippen molar-refractivity contribution < 1.29 is 28.1 Å². The molecule has 2 N–H and O–H groups in total. The van der Waals surface area contributed by atoms with E-state index in [4.69, 9.17) is 0 Å². The van der Waals surface area contributed by atoms with E-state index in [0.29, 0.717) is 12.8 Å². The molecule has 0 heterocycles. The molecule has 108 valence electrons. The van der Waals surface area contributed by atoms with Crippen LogP contribution in [0, 0.1) is 5.41 Å². The maximum absolute atomic E-state index is 12.0. The van der Waals surface area contributed by atoms with Crippen LogP contribution in [-0.4, -0.2) is 29.8 Å². The third kappa shape index (κ3) is 4.72. The number of hydrogen-bond donors (Lipinski definition) is 2. The lowest BCUT2D eigenvalue weighted by molar-refractivity contribution is -0.274. The first kappa shape index (κ1) is 15.8. The zero-order valence-corrected chi connectivity index (χ0v) is 10.6. The number of ether oxygens (including phenoxy) is 1. The molecule has 1 aromatic carbocycles. The molecule has 0 aromatic heterocycles. The molecule has 0 unspecified atom stereocenters. The highest BCUT2D eigenvalue weighted by atomic mass is 19.4. The van der Waals surface area contributed by atoms with Crippen LogP contribution in [-0.2, 0) is 6.42 Å². The van der Waals surface area contributed by atoms with Crippen molar-refractivity contribution in [2.45, 2.75) is 26.1 Å². The van der Waals surface area contributed by atoms with Gasteiger partial charge in [0, 0.05) is 5.41 Å². The van der Waals surface area contributed by atoms with Crippen molar-refractivity contribution in [1.29, 1.82) is 0 Å². The van der Waals surface area contributed by atoms with Crippen molar-refractivity contribution in [1.82, 2.24) is 0 Å². The van der Waals surface area contributed by atoms with Gasteiger partial charge < -0.3 is 14.9 Å². The van der Waals surface area contributed by atoms with Gasteiger partial charge in [0.1, 0.15) is 5.75 Å². The lowest BCUT2D eigenvalue weighted by atomic mass is 9.81. The van der Waals surface area contributed by atoms with Gasteiger partial charge in [0.25, 0.3) is 0 Å². The highest BCUT2D eigenvalue weighted by molar-refractivity contribution is 5.28. The number of rotatable bonds is 6.